The molecule has 2 heterocycles. The molecule has 8 heteroatoms. The molecule has 0 bridgehead atoms. The van der Waals surface area contributed by atoms with E-state index in [1.165, 1.54) is 17.0 Å². The van der Waals surface area contributed by atoms with Crippen molar-refractivity contribution in [3.8, 4) is 0 Å². The Bertz CT molecular complexity index is 762. The first-order valence-electron chi connectivity index (χ1n) is 7.03. The van der Waals surface area contributed by atoms with Gasteiger partial charge in [0.25, 0.3) is 5.91 Å². The molecule has 120 valence electrons. The van der Waals surface area contributed by atoms with Crippen LogP contribution < -0.4 is 10.2 Å². The summed E-state index contributed by atoms with van der Waals surface area (Å²) < 4.78 is 19.0. The molecule has 2 amide bonds. The fourth-order valence-corrected chi connectivity index (χ4v) is 2.81. The Morgan fingerprint density at radius 1 is 1.52 bits per heavy atom. The van der Waals surface area contributed by atoms with Crippen molar-refractivity contribution in [1.82, 2.24) is 5.16 Å². The minimum absolute atomic E-state index is 0.00218. The number of rotatable bonds is 4. The molecule has 2 aromatic rings. The second kappa shape index (κ2) is 6.41. The molecular formula is C15H14FN3O3S. The van der Waals surface area contributed by atoms with Crippen molar-refractivity contribution >= 4 is 35.0 Å². The second-order valence-corrected chi connectivity index (χ2v) is 6.16. The van der Waals surface area contributed by atoms with Gasteiger partial charge in [-0.25, -0.2) is 4.39 Å². The fourth-order valence-electron chi connectivity index (χ4n) is 2.27. The third kappa shape index (κ3) is 3.07. The van der Waals surface area contributed by atoms with Crippen LogP contribution in [0.5, 0.6) is 0 Å². The highest BCUT2D eigenvalue weighted by molar-refractivity contribution is 7.98. The van der Waals surface area contributed by atoms with Crippen LogP contribution in [-0.2, 0) is 10.5 Å². The van der Waals surface area contributed by atoms with Crippen LogP contribution in [0, 0.1) is 5.82 Å². The van der Waals surface area contributed by atoms with Gasteiger partial charge < -0.3 is 9.84 Å². The number of hydrogen-bond acceptors (Lipinski definition) is 5. The third-order valence-corrected chi connectivity index (χ3v) is 4.22. The molecule has 0 spiro atoms. The quantitative estimate of drug-likeness (QED) is 0.930. The zero-order valence-corrected chi connectivity index (χ0v) is 13.2. The number of halogens is 1. The lowest BCUT2D eigenvalue weighted by atomic mass is 10.1. The lowest BCUT2D eigenvalue weighted by Crippen LogP contribution is -2.42. The Morgan fingerprint density at radius 2 is 2.35 bits per heavy atom. The van der Waals surface area contributed by atoms with E-state index in [4.69, 9.17) is 4.52 Å². The Balaban J connectivity index is 1.89. The number of aromatic nitrogens is 1. The van der Waals surface area contributed by atoms with Crippen LogP contribution in [0.15, 0.2) is 28.8 Å². The van der Waals surface area contributed by atoms with E-state index in [9.17, 15) is 14.0 Å². The highest BCUT2D eigenvalue weighted by Gasteiger charge is 2.30. The molecule has 0 saturated carbocycles. The predicted octanol–water partition coefficient (Wildman–Crippen LogP) is 2.67. The number of anilines is 2. The van der Waals surface area contributed by atoms with Crippen molar-refractivity contribution < 1.29 is 18.5 Å². The Kier molecular flexibility index (Phi) is 4.33. The van der Waals surface area contributed by atoms with Crippen LogP contribution in [0.25, 0.3) is 0 Å². The minimum Gasteiger partial charge on any atom is -0.360 e. The van der Waals surface area contributed by atoms with E-state index in [0.717, 1.165) is 5.75 Å². The molecule has 0 radical (unpaired) electrons. The van der Waals surface area contributed by atoms with E-state index in [-0.39, 0.29) is 17.9 Å². The predicted molar refractivity (Wildman–Crippen MR) is 85.0 cm³/mol. The average molecular weight is 335 g/mol. The lowest BCUT2D eigenvalue weighted by Gasteiger charge is -2.28. The molecular weight excluding hydrogens is 321 g/mol. The molecule has 1 aromatic carbocycles. The molecule has 0 saturated heterocycles. The van der Waals surface area contributed by atoms with Gasteiger partial charge in [0, 0.05) is 6.07 Å². The van der Waals surface area contributed by atoms with Gasteiger partial charge >= 0.3 is 0 Å². The third-order valence-electron chi connectivity index (χ3n) is 3.32. The fraction of sp³-hybridized carbons (Fsp3) is 0.267. The number of fused-ring (bicyclic) bond motifs is 1. The maximum atomic E-state index is 13.8. The average Bonchev–Trinajstić information content (AvgIpc) is 3.01. The number of benzene rings is 1. The van der Waals surface area contributed by atoms with Gasteiger partial charge in [0.05, 0.1) is 11.4 Å². The number of carbonyl (C=O) groups excluding carboxylic acids is 2. The van der Waals surface area contributed by atoms with Crippen molar-refractivity contribution in [3.63, 3.8) is 0 Å². The summed E-state index contributed by atoms with van der Waals surface area (Å²) in [6.45, 7) is 1.83. The van der Waals surface area contributed by atoms with Gasteiger partial charge in [-0.15, -0.1) is 0 Å². The Morgan fingerprint density at radius 3 is 3.13 bits per heavy atom. The minimum atomic E-state index is -0.589. The number of nitrogens with one attached hydrogen (secondary N) is 1. The summed E-state index contributed by atoms with van der Waals surface area (Å²) in [5, 5.41) is 6.20. The molecule has 0 fully saturated rings. The van der Waals surface area contributed by atoms with Gasteiger partial charge in [0.2, 0.25) is 5.91 Å². The lowest BCUT2D eigenvalue weighted by molar-refractivity contribution is -0.115. The molecule has 6 nitrogen and oxygen atoms in total. The maximum Gasteiger partial charge on any atom is 0.281 e. The highest BCUT2D eigenvalue weighted by Crippen LogP contribution is 2.32. The van der Waals surface area contributed by atoms with Gasteiger partial charge in [-0.3, -0.25) is 14.5 Å². The first-order valence-corrected chi connectivity index (χ1v) is 8.19. The molecule has 1 aromatic heterocycles. The van der Waals surface area contributed by atoms with Crippen molar-refractivity contribution in [2.24, 2.45) is 0 Å². The zero-order chi connectivity index (χ0) is 16.4. The summed E-state index contributed by atoms with van der Waals surface area (Å²) >= 11 is 1.64. The monoisotopic (exact) mass is 335 g/mol. The molecule has 0 atom stereocenters. The van der Waals surface area contributed by atoms with Crippen LogP contribution in [0.2, 0.25) is 0 Å². The van der Waals surface area contributed by atoms with E-state index < -0.39 is 17.6 Å². The van der Waals surface area contributed by atoms with Crippen molar-refractivity contribution in [1.29, 1.82) is 0 Å². The van der Waals surface area contributed by atoms with Crippen LogP contribution >= 0.6 is 11.8 Å². The van der Waals surface area contributed by atoms with Gasteiger partial charge in [0.1, 0.15) is 23.8 Å². The summed E-state index contributed by atoms with van der Waals surface area (Å²) in [5.41, 5.74) is 0.408. The molecule has 1 N–H and O–H groups in total. The number of amides is 2. The summed E-state index contributed by atoms with van der Waals surface area (Å²) in [6, 6.07) is 5.83. The molecule has 0 aliphatic carbocycles. The van der Waals surface area contributed by atoms with Crippen molar-refractivity contribution in [2.75, 3.05) is 22.5 Å². The zero-order valence-electron chi connectivity index (χ0n) is 12.3. The number of nitrogens with zero attached hydrogens (tertiary/aromatic N) is 2. The second-order valence-electron chi connectivity index (χ2n) is 4.89. The molecule has 3 rings (SSSR count). The molecule has 1 aliphatic rings. The number of thioether (sulfide) groups is 1. The summed E-state index contributed by atoms with van der Waals surface area (Å²) in [5.74, 6) is 0.574. The first kappa shape index (κ1) is 15.5. The summed E-state index contributed by atoms with van der Waals surface area (Å²) in [6.07, 6.45) is 0. The highest BCUT2D eigenvalue weighted by atomic mass is 32.2. The van der Waals surface area contributed by atoms with E-state index in [2.05, 4.69) is 10.5 Å². The van der Waals surface area contributed by atoms with Gasteiger partial charge in [-0.05, 0) is 17.9 Å². The van der Waals surface area contributed by atoms with E-state index >= 15 is 0 Å². The SMILES string of the molecule is CCSCc1cc(C(=O)N2CC(=O)Nc3c(F)cccc32)no1. The van der Waals surface area contributed by atoms with Crippen LogP contribution in [0.3, 0.4) is 0 Å². The number of para-hydroxylation sites is 1. The van der Waals surface area contributed by atoms with Crippen molar-refractivity contribution in [2.45, 2.75) is 12.7 Å². The largest absolute Gasteiger partial charge is 0.360 e. The van der Waals surface area contributed by atoms with Gasteiger partial charge in [-0.1, -0.05) is 18.1 Å². The van der Waals surface area contributed by atoms with E-state index in [0.29, 0.717) is 17.2 Å². The Hall–Kier alpha value is -2.35. The molecule has 1 aliphatic heterocycles. The molecule has 23 heavy (non-hydrogen) atoms. The van der Waals surface area contributed by atoms with Crippen molar-refractivity contribution in [3.05, 3.63) is 41.5 Å². The van der Waals surface area contributed by atoms with E-state index in [1.807, 2.05) is 6.92 Å². The van der Waals surface area contributed by atoms with Gasteiger partial charge in [-0.2, -0.15) is 11.8 Å². The topological polar surface area (TPSA) is 75.4 Å². The van der Waals surface area contributed by atoms with Crippen LogP contribution in [0.4, 0.5) is 15.8 Å². The standard InChI is InChI=1S/C15H14FN3O3S/c1-2-23-8-9-6-11(18-22-9)15(21)19-7-13(20)17-14-10(16)4-3-5-12(14)19/h3-6H,2,7-8H2,1H3,(H,17,20). The van der Waals surface area contributed by atoms with E-state index in [1.54, 1.807) is 23.9 Å². The maximum absolute atomic E-state index is 13.8. The summed E-state index contributed by atoms with van der Waals surface area (Å²) in [7, 11) is 0. The Labute approximate surface area is 136 Å². The van der Waals surface area contributed by atoms with Crippen LogP contribution in [0.1, 0.15) is 23.2 Å². The molecule has 0 unspecified atom stereocenters. The smallest absolute Gasteiger partial charge is 0.281 e. The number of carbonyl (C=O) groups is 2. The number of hydrogen-bond donors (Lipinski definition) is 1. The summed E-state index contributed by atoms with van der Waals surface area (Å²) in [4.78, 5) is 25.6. The van der Waals surface area contributed by atoms with Crippen LogP contribution in [-0.4, -0.2) is 29.3 Å². The van der Waals surface area contributed by atoms with Gasteiger partial charge in [0.15, 0.2) is 5.69 Å². The first-order chi connectivity index (χ1) is 11.1. The normalized spacial score (nSPS) is 13.7.